The lowest BCUT2D eigenvalue weighted by Gasteiger charge is -2.24. The highest BCUT2D eigenvalue weighted by Crippen LogP contribution is 2.30. The molecule has 0 fully saturated rings. The monoisotopic (exact) mass is 384 g/mol. The lowest BCUT2D eigenvalue weighted by molar-refractivity contribution is 0.174. The van der Waals surface area contributed by atoms with Gasteiger partial charge in [-0.05, 0) is 44.0 Å². The van der Waals surface area contributed by atoms with Crippen LogP contribution in [0.4, 0.5) is 9.18 Å². The number of aliphatic hydroxyl groups excluding tert-OH is 1. The van der Waals surface area contributed by atoms with Crippen molar-refractivity contribution in [1.29, 1.82) is 0 Å². The van der Waals surface area contributed by atoms with Crippen molar-refractivity contribution in [1.82, 2.24) is 10.2 Å². The standard InChI is InChI=1S/C22H25FN2O3/c1-15-19-14-18(23)8-9-20(19)28-21(15)16(2)24-22(27)25(12-13-26)11-10-17-6-4-3-5-7-17/h3-9,14,16,26H,10-13H2,1-2H3,(H,24,27). The van der Waals surface area contributed by atoms with Gasteiger partial charge < -0.3 is 19.7 Å². The number of nitrogens with one attached hydrogen (secondary N) is 1. The molecular weight excluding hydrogens is 359 g/mol. The fourth-order valence-corrected chi connectivity index (χ4v) is 3.31. The van der Waals surface area contributed by atoms with Gasteiger partial charge in [0.05, 0.1) is 12.6 Å². The zero-order valence-electron chi connectivity index (χ0n) is 16.1. The predicted molar refractivity (Wildman–Crippen MR) is 107 cm³/mol. The number of aliphatic hydroxyl groups is 1. The van der Waals surface area contributed by atoms with Crippen molar-refractivity contribution in [2.75, 3.05) is 19.7 Å². The summed E-state index contributed by atoms with van der Waals surface area (Å²) in [6, 6.07) is 13.6. The van der Waals surface area contributed by atoms with Crippen LogP contribution in [-0.2, 0) is 6.42 Å². The summed E-state index contributed by atoms with van der Waals surface area (Å²) in [4.78, 5) is 14.3. The zero-order chi connectivity index (χ0) is 20.1. The van der Waals surface area contributed by atoms with E-state index in [9.17, 15) is 14.3 Å². The lowest BCUT2D eigenvalue weighted by atomic mass is 10.1. The Labute approximate surface area is 163 Å². The molecule has 2 aromatic carbocycles. The van der Waals surface area contributed by atoms with Crippen LogP contribution in [-0.4, -0.2) is 35.7 Å². The number of fused-ring (bicyclic) bond motifs is 1. The highest BCUT2D eigenvalue weighted by molar-refractivity contribution is 5.82. The average Bonchev–Trinajstić information content (AvgIpc) is 3.02. The van der Waals surface area contributed by atoms with Crippen LogP contribution in [0.15, 0.2) is 52.9 Å². The van der Waals surface area contributed by atoms with E-state index in [0.29, 0.717) is 29.7 Å². The van der Waals surface area contributed by atoms with Crippen molar-refractivity contribution in [2.45, 2.75) is 26.3 Å². The molecule has 0 aliphatic heterocycles. The number of carbonyl (C=O) groups excluding carboxylic acids is 1. The molecule has 6 heteroatoms. The molecule has 0 aliphatic rings. The van der Waals surface area contributed by atoms with E-state index < -0.39 is 0 Å². The van der Waals surface area contributed by atoms with Crippen molar-refractivity contribution in [3.05, 3.63) is 71.2 Å². The predicted octanol–water partition coefficient (Wildman–Crippen LogP) is 4.19. The summed E-state index contributed by atoms with van der Waals surface area (Å²) in [5.74, 6) is 0.274. The van der Waals surface area contributed by atoms with Gasteiger partial charge >= 0.3 is 6.03 Å². The summed E-state index contributed by atoms with van der Waals surface area (Å²) >= 11 is 0. The van der Waals surface area contributed by atoms with Gasteiger partial charge in [0.1, 0.15) is 17.2 Å². The van der Waals surface area contributed by atoms with Gasteiger partial charge in [0, 0.05) is 24.0 Å². The maximum absolute atomic E-state index is 13.5. The Bertz CT molecular complexity index is 940. The zero-order valence-corrected chi connectivity index (χ0v) is 16.1. The minimum absolute atomic E-state index is 0.112. The molecule has 3 rings (SSSR count). The Morgan fingerprint density at radius 1 is 1.21 bits per heavy atom. The van der Waals surface area contributed by atoms with Crippen molar-refractivity contribution in [3.63, 3.8) is 0 Å². The first-order valence-corrected chi connectivity index (χ1v) is 9.38. The van der Waals surface area contributed by atoms with Crippen molar-refractivity contribution in [3.8, 4) is 0 Å². The number of furan rings is 1. The molecule has 0 saturated carbocycles. The van der Waals surface area contributed by atoms with Gasteiger partial charge in [0.15, 0.2) is 0 Å². The number of urea groups is 1. The molecule has 5 nitrogen and oxygen atoms in total. The molecule has 0 aliphatic carbocycles. The molecular formula is C22H25FN2O3. The Balaban J connectivity index is 1.69. The van der Waals surface area contributed by atoms with E-state index in [1.165, 1.54) is 12.1 Å². The topological polar surface area (TPSA) is 65.7 Å². The highest BCUT2D eigenvalue weighted by atomic mass is 19.1. The number of hydrogen-bond acceptors (Lipinski definition) is 3. The molecule has 0 spiro atoms. The number of benzene rings is 2. The Hall–Kier alpha value is -2.86. The van der Waals surface area contributed by atoms with Crippen LogP contribution < -0.4 is 5.32 Å². The fraction of sp³-hybridized carbons (Fsp3) is 0.318. The van der Waals surface area contributed by atoms with Crippen LogP contribution in [0, 0.1) is 12.7 Å². The maximum Gasteiger partial charge on any atom is 0.318 e. The summed E-state index contributed by atoms with van der Waals surface area (Å²) < 4.78 is 19.3. The average molecular weight is 384 g/mol. The van der Waals surface area contributed by atoms with Gasteiger partial charge in [-0.1, -0.05) is 30.3 Å². The number of amides is 2. The van der Waals surface area contributed by atoms with E-state index in [4.69, 9.17) is 4.42 Å². The Morgan fingerprint density at radius 3 is 2.68 bits per heavy atom. The molecule has 28 heavy (non-hydrogen) atoms. The van der Waals surface area contributed by atoms with E-state index in [-0.39, 0.29) is 31.0 Å². The minimum Gasteiger partial charge on any atom is -0.459 e. The maximum atomic E-state index is 13.5. The van der Waals surface area contributed by atoms with Gasteiger partial charge in [0.2, 0.25) is 0 Å². The molecule has 2 N–H and O–H groups in total. The minimum atomic E-state index is -0.388. The molecule has 1 unspecified atom stereocenters. The van der Waals surface area contributed by atoms with Gasteiger partial charge in [-0.2, -0.15) is 0 Å². The quantitative estimate of drug-likeness (QED) is 0.642. The molecule has 3 aromatic rings. The van der Waals surface area contributed by atoms with Gasteiger partial charge in [-0.3, -0.25) is 0 Å². The van der Waals surface area contributed by atoms with Gasteiger partial charge in [-0.25, -0.2) is 9.18 Å². The van der Waals surface area contributed by atoms with Crippen LogP contribution in [0.1, 0.15) is 29.9 Å². The summed E-state index contributed by atoms with van der Waals surface area (Å²) in [5, 5.41) is 12.9. The first-order chi connectivity index (χ1) is 13.5. The summed E-state index contributed by atoms with van der Waals surface area (Å²) in [7, 11) is 0. The third-order valence-corrected chi connectivity index (χ3v) is 4.84. The van der Waals surface area contributed by atoms with E-state index in [0.717, 1.165) is 11.1 Å². The smallest absolute Gasteiger partial charge is 0.318 e. The number of aryl methyl sites for hydroxylation is 1. The number of carbonyl (C=O) groups is 1. The second-order valence-corrected chi connectivity index (χ2v) is 6.85. The summed E-state index contributed by atoms with van der Waals surface area (Å²) in [5.41, 5.74) is 2.52. The molecule has 0 saturated heterocycles. The number of rotatable bonds is 7. The van der Waals surface area contributed by atoms with E-state index >= 15 is 0 Å². The molecule has 1 heterocycles. The van der Waals surface area contributed by atoms with Gasteiger partial charge in [0.25, 0.3) is 0 Å². The van der Waals surface area contributed by atoms with Crippen molar-refractivity contribution < 1.29 is 18.7 Å². The normalized spacial score (nSPS) is 12.1. The van der Waals surface area contributed by atoms with Crippen molar-refractivity contribution >= 4 is 17.0 Å². The van der Waals surface area contributed by atoms with Crippen LogP contribution in [0.3, 0.4) is 0 Å². The summed E-state index contributed by atoms with van der Waals surface area (Å²) in [6.07, 6.45) is 0.700. The van der Waals surface area contributed by atoms with Crippen LogP contribution in [0.25, 0.3) is 11.0 Å². The lowest BCUT2D eigenvalue weighted by Crippen LogP contribution is -2.43. The van der Waals surface area contributed by atoms with E-state index in [1.54, 1.807) is 11.0 Å². The second kappa shape index (κ2) is 8.89. The van der Waals surface area contributed by atoms with Crippen LogP contribution >= 0.6 is 0 Å². The van der Waals surface area contributed by atoms with Crippen LogP contribution in [0.2, 0.25) is 0 Å². The Kier molecular flexibility index (Phi) is 6.31. The largest absolute Gasteiger partial charge is 0.459 e. The molecule has 1 aromatic heterocycles. The third kappa shape index (κ3) is 4.51. The number of hydrogen-bond donors (Lipinski definition) is 2. The van der Waals surface area contributed by atoms with E-state index in [1.807, 2.05) is 44.2 Å². The first kappa shape index (κ1) is 19.9. The molecule has 1 atom stereocenters. The summed E-state index contributed by atoms with van der Waals surface area (Å²) in [6.45, 7) is 4.31. The Morgan fingerprint density at radius 2 is 1.96 bits per heavy atom. The fourth-order valence-electron chi connectivity index (χ4n) is 3.31. The molecule has 148 valence electrons. The van der Waals surface area contributed by atoms with E-state index in [2.05, 4.69) is 5.32 Å². The molecule has 2 amide bonds. The number of nitrogens with zero attached hydrogens (tertiary/aromatic N) is 1. The van der Waals surface area contributed by atoms with Crippen molar-refractivity contribution in [2.24, 2.45) is 0 Å². The highest BCUT2D eigenvalue weighted by Gasteiger charge is 2.21. The second-order valence-electron chi connectivity index (χ2n) is 6.85. The SMILES string of the molecule is Cc1c(C(C)NC(=O)N(CCO)CCc2ccccc2)oc2ccc(F)cc12. The third-order valence-electron chi connectivity index (χ3n) is 4.84. The molecule has 0 bridgehead atoms. The molecule has 0 radical (unpaired) electrons. The number of halogens is 1. The first-order valence-electron chi connectivity index (χ1n) is 9.38. The van der Waals surface area contributed by atoms with Crippen LogP contribution in [0.5, 0.6) is 0 Å². The van der Waals surface area contributed by atoms with Gasteiger partial charge in [-0.15, -0.1) is 0 Å².